The van der Waals surface area contributed by atoms with Crippen molar-refractivity contribution in [1.82, 2.24) is 9.80 Å². The van der Waals surface area contributed by atoms with Crippen LogP contribution in [0.3, 0.4) is 0 Å². The molecule has 39 heavy (non-hydrogen) atoms. The topological polar surface area (TPSA) is 76.2 Å². The van der Waals surface area contributed by atoms with Crippen molar-refractivity contribution in [2.75, 3.05) is 13.1 Å². The Labute approximate surface area is 236 Å². The second kappa shape index (κ2) is 12.0. The number of nitrogens with zero attached hydrogens (tertiary/aromatic N) is 2. The smallest absolute Gasteiger partial charge is 0.410 e. The number of carbonyl (C=O) groups is 3. The zero-order chi connectivity index (χ0) is 29.1. The molecule has 0 radical (unpaired) electrons. The maximum Gasteiger partial charge on any atom is 0.410 e. The highest BCUT2D eigenvalue weighted by molar-refractivity contribution is 9.10. The molecule has 0 atom stereocenters. The Morgan fingerprint density at radius 2 is 1.23 bits per heavy atom. The minimum absolute atomic E-state index is 0.0643. The van der Waals surface area contributed by atoms with Crippen molar-refractivity contribution in [3.05, 3.63) is 68.2 Å². The summed E-state index contributed by atoms with van der Waals surface area (Å²) in [7, 11) is 0. The zero-order valence-electron chi connectivity index (χ0n) is 23.2. The summed E-state index contributed by atoms with van der Waals surface area (Å²) in [5.41, 5.74) is 1.79. The molecule has 2 heterocycles. The maximum atomic E-state index is 14.0. The van der Waals surface area contributed by atoms with Crippen LogP contribution in [0.15, 0.2) is 28.7 Å². The van der Waals surface area contributed by atoms with Crippen molar-refractivity contribution in [3.63, 3.8) is 0 Å². The quantitative estimate of drug-likeness (QED) is 0.332. The first kappa shape index (κ1) is 30.5. The fraction of sp³-hybridized carbons (Fsp3) is 0.483. The minimum Gasteiger partial charge on any atom is -0.444 e. The predicted molar refractivity (Wildman–Crippen MR) is 147 cm³/mol. The van der Waals surface area contributed by atoms with Gasteiger partial charge in [-0.05, 0) is 105 Å². The molecule has 212 valence electrons. The van der Waals surface area contributed by atoms with Gasteiger partial charge in [0.05, 0.1) is 10.0 Å². The molecule has 0 saturated heterocycles. The number of hydrogen-bond donors (Lipinski definition) is 0. The van der Waals surface area contributed by atoms with Gasteiger partial charge in [-0.1, -0.05) is 12.1 Å². The summed E-state index contributed by atoms with van der Waals surface area (Å²) >= 11 is 3.18. The Morgan fingerprint density at radius 1 is 0.795 bits per heavy atom. The van der Waals surface area contributed by atoms with Crippen LogP contribution in [-0.4, -0.2) is 52.6 Å². The molecular weight excluding hydrogens is 574 g/mol. The largest absolute Gasteiger partial charge is 0.444 e. The molecule has 0 bridgehead atoms. The number of carbonyl (C=O) groups excluding carboxylic acids is 3. The van der Waals surface area contributed by atoms with E-state index in [1.54, 1.807) is 42.7 Å². The van der Waals surface area contributed by atoms with Crippen LogP contribution in [0.25, 0.3) is 0 Å². The number of halogens is 3. The molecule has 4 rings (SSSR count). The molecule has 0 N–H and O–H groups in total. The van der Waals surface area contributed by atoms with E-state index in [4.69, 9.17) is 9.47 Å². The summed E-state index contributed by atoms with van der Waals surface area (Å²) in [6, 6.07) is 6.66. The first-order valence-corrected chi connectivity index (χ1v) is 13.6. The third-order valence-corrected chi connectivity index (χ3v) is 6.69. The fourth-order valence-corrected chi connectivity index (χ4v) is 4.64. The number of aldehydes is 1. The van der Waals surface area contributed by atoms with Gasteiger partial charge in [0.25, 0.3) is 0 Å². The highest BCUT2D eigenvalue weighted by atomic mass is 79.9. The average Bonchev–Trinajstić information content (AvgIpc) is 2.84. The standard InChI is InChI=1S/C15H18FNO3.C14H17BrFNO2/c1-15(2,3)20-14(19)17-7-6-12-10(8-17)4-5-11(9-18)13(12)16;1-14(2,3)19-13(18)17-7-6-10-9(8-17)4-5-11(15)12(10)16/h4-5,9H,6-8H2,1-3H3;4-5H,6-8H2,1-3H3. The van der Waals surface area contributed by atoms with Crippen LogP contribution in [-0.2, 0) is 35.4 Å². The Morgan fingerprint density at radius 3 is 1.67 bits per heavy atom. The fourth-order valence-electron chi connectivity index (χ4n) is 4.27. The van der Waals surface area contributed by atoms with Crippen LogP contribution >= 0.6 is 15.9 Å². The summed E-state index contributed by atoms with van der Waals surface area (Å²) in [5, 5.41) is 0. The van der Waals surface area contributed by atoms with E-state index in [2.05, 4.69) is 15.9 Å². The van der Waals surface area contributed by atoms with Crippen LogP contribution in [0.5, 0.6) is 0 Å². The summed E-state index contributed by atoms with van der Waals surface area (Å²) in [6.07, 6.45) is 0.669. The first-order chi connectivity index (χ1) is 18.1. The third kappa shape index (κ3) is 8.00. The highest BCUT2D eigenvalue weighted by Gasteiger charge is 2.29. The predicted octanol–water partition coefficient (Wildman–Crippen LogP) is 6.81. The van der Waals surface area contributed by atoms with Crippen molar-refractivity contribution in [3.8, 4) is 0 Å². The molecule has 0 saturated carbocycles. The molecule has 0 aliphatic carbocycles. The molecule has 10 heteroatoms. The molecule has 0 unspecified atom stereocenters. The van der Waals surface area contributed by atoms with Crippen LogP contribution in [0.2, 0.25) is 0 Å². The molecule has 2 aromatic rings. The number of ether oxygens (including phenoxy) is 2. The van der Waals surface area contributed by atoms with Crippen molar-refractivity contribution in [2.24, 2.45) is 0 Å². The monoisotopic (exact) mass is 608 g/mol. The second-order valence-electron chi connectivity index (χ2n) is 11.5. The number of hydrogen-bond acceptors (Lipinski definition) is 5. The summed E-state index contributed by atoms with van der Waals surface area (Å²) < 4.78 is 39.0. The highest BCUT2D eigenvalue weighted by Crippen LogP contribution is 2.28. The van der Waals surface area contributed by atoms with Crippen molar-refractivity contribution in [2.45, 2.75) is 78.7 Å². The van der Waals surface area contributed by atoms with E-state index >= 15 is 0 Å². The molecule has 2 aliphatic heterocycles. The van der Waals surface area contributed by atoms with Gasteiger partial charge in [-0.3, -0.25) is 4.79 Å². The van der Waals surface area contributed by atoms with Crippen molar-refractivity contribution < 1.29 is 32.6 Å². The van der Waals surface area contributed by atoms with E-state index in [9.17, 15) is 23.2 Å². The molecule has 0 aromatic heterocycles. The third-order valence-electron chi connectivity index (χ3n) is 6.08. The van der Waals surface area contributed by atoms with E-state index in [1.807, 2.05) is 26.8 Å². The van der Waals surface area contributed by atoms with E-state index in [0.29, 0.717) is 60.9 Å². The van der Waals surface area contributed by atoms with Crippen LogP contribution in [0.4, 0.5) is 18.4 Å². The van der Waals surface area contributed by atoms with E-state index in [-0.39, 0.29) is 17.5 Å². The van der Waals surface area contributed by atoms with Gasteiger partial charge in [0.1, 0.15) is 22.8 Å². The summed E-state index contributed by atoms with van der Waals surface area (Å²) in [5.74, 6) is -0.692. The molecular formula is C29H35BrF2N2O5. The van der Waals surface area contributed by atoms with Gasteiger partial charge in [-0.2, -0.15) is 0 Å². The van der Waals surface area contributed by atoms with Gasteiger partial charge in [-0.25, -0.2) is 18.4 Å². The maximum absolute atomic E-state index is 14.0. The van der Waals surface area contributed by atoms with Crippen LogP contribution in [0, 0.1) is 11.6 Å². The van der Waals surface area contributed by atoms with Crippen LogP contribution in [0.1, 0.15) is 74.2 Å². The van der Waals surface area contributed by atoms with E-state index in [1.165, 1.54) is 6.07 Å². The molecule has 0 fully saturated rings. The van der Waals surface area contributed by atoms with Crippen molar-refractivity contribution >= 4 is 34.4 Å². The number of rotatable bonds is 1. The molecule has 0 spiro atoms. The Kier molecular flexibility index (Phi) is 9.41. The number of fused-ring (bicyclic) bond motifs is 2. The van der Waals surface area contributed by atoms with Gasteiger partial charge >= 0.3 is 12.2 Å². The van der Waals surface area contributed by atoms with Gasteiger partial charge in [0, 0.05) is 26.2 Å². The number of benzene rings is 2. The molecule has 7 nitrogen and oxygen atoms in total. The molecule has 2 amide bonds. The first-order valence-electron chi connectivity index (χ1n) is 12.8. The SMILES string of the molecule is CC(C)(C)OC(=O)N1CCc2c(ccc(Br)c2F)C1.CC(C)(C)OC(=O)N1CCc2c(ccc(C=O)c2F)C1. The lowest BCUT2D eigenvalue weighted by Crippen LogP contribution is -2.40. The molecule has 2 aliphatic rings. The lowest BCUT2D eigenvalue weighted by Gasteiger charge is -2.31. The lowest BCUT2D eigenvalue weighted by atomic mass is 9.97. The number of amides is 2. The minimum atomic E-state index is -0.552. The zero-order valence-corrected chi connectivity index (χ0v) is 24.8. The van der Waals surface area contributed by atoms with E-state index in [0.717, 1.165) is 11.1 Å². The van der Waals surface area contributed by atoms with Gasteiger partial charge in [0.15, 0.2) is 6.29 Å². The van der Waals surface area contributed by atoms with Crippen molar-refractivity contribution in [1.29, 1.82) is 0 Å². The van der Waals surface area contributed by atoms with Gasteiger partial charge in [-0.15, -0.1) is 0 Å². The molecule has 2 aromatic carbocycles. The Hall–Kier alpha value is -3.01. The average molecular weight is 610 g/mol. The Balaban J connectivity index is 0.000000216. The van der Waals surface area contributed by atoms with Gasteiger partial charge < -0.3 is 19.3 Å². The van der Waals surface area contributed by atoms with Crippen LogP contribution < -0.4 is 0 Å². The summed E-state index contributed by atoms with van der Waals surface area (Å²) in [4.78, 5) is 37.8. The summed E-state index contributed by atoms with van der Waals surface area (Å²) in [6.45, 7) is 12.5. The van der Waals surface area contributed by atoms with Gasteiger partial charge in [0.2, 0.25) is 0 Å². The lowest BCUT2D eigenvalue weighted by molar-refractivity contribution is 0.0212. The second-order valence-corrected chi connectivity index (χ2v) is 12.4. The normalized spacial score (nSPS) is 14.9. The van der Waals surface area contributed by atoms with E-state index < -0.39 is 23.1 Å². The Bertz CT molecular complexity index is 1250.